The molecular weight excluding hydrogens is 322 g/mol. The standard InChI is InChI=1S/C18H27N3O2S/c1-12-7-5-6-8-20(12)16(23)13-10-21-15(22)9-14(18(2,3)4)19-17(21)24-11-13/h9,12-13H,5-8,10-11H2,1-4H3. The van der Waals surface area contributed by atoms with E-state index in [4.69, 9.17) is 0 Å². The van der Waals surface area contributed by atoms with E-state index in [-0.39, 0.29) is 22.8 Å². The van der Waals surface area contributed by atoms with Gasteiger partial charge in [-0.3, -0.25) is 14.2 Å². The van der Waals surface area contributed by atoms with Crippen molar-refractivity contribution in [2.75, 3.05) is 12.3 Å². The minimum Gasteiger partial charge on any atom is -0.340 e. The number of nitrogens with zero attached hydrogens (tertiary/aromatic N) is 3. The Labute approximate surface area is 147 Å². The van der Waals surface area contributed by atoms with Crippen LogP contribution in [0.2, 0.25) is 0 Å². The van der Waals surface area contributed by atoms with Crippen LogP contribution in [-0.4, -0.2) is 38.7 Å². The van der Waals surface area contributed by atoms with Crippen molar-refractivity contribution in [2.24, 2.45) is 5.92 Å². The van der Waals surface area contributed by atoms with Gasteiger partial charge >= 0.3 is 0 Å². The second-order valence-electron chi connectivity index (χ2n) is 8.01. The number of carbonyl (C=O) groups is 1. The van der Waals surface area contributed by atoms with Gasteiger partial charge < -0.3 is 4.90 Å². The third kappa shape index (κ3) is 3.39. The number of likely N-dealkylation sites (tertiary alicyclic amines) is 1. The van der Waals surface area contributed by atoms with Crippen LogP contribution in [-0.2, 0) is 16.8 Å². The Hall–Kier alpha value is -1.30. The van der Waals surface area contributed by atoms with Gasteiger partial charge in [-0.2, -0.15) is 0 Å². The molecule has 3 rings (SSSR count). The van der Waals surface area contributed by atoms with E-state index in [1.807, 2.05) is 4.90 Å². The zero-order chi connectivity index (χ0) is 17.5. The molecule has 2 atom stereocenters. The molecule has 5 nitrogen and oxygen atoms in total. The van der Waals surface area contributed by atoms with Crippen LogP contribution in [0.4, 0.5) is 0 Å². The van der Waals surface area contributed by atoms with Crippen LogP contribution in [0.3, 0.4) is 0 Å². The average Bonchev–Trinajstić information content (AvgIpc) is 2.53. The van der Waals surface area contributed by atoms with Crippen LogP contribution in [0.25, 0.3) is 0 Å². The molecule has 1 fully saturated rings. The van der Waals surface area contributed by atoms with E-state index in [2.05, 4.69) is 32.7 Å². The fourth-order valence-electron chi connectivity index (χ4n) is 3.40. The average molecular weight is 350 g/mol. The Morgan fingerprint density at radius 3 is 2.75 bits per heavy atom. The summed E-state index contributed by atoms with van der Waals surface area (Å²) in [4.78, 5) is 32.1. The maximum absolute atomic E-state index is 12.9. The largest absolute Gasteiger partial charge is 0.340 e. The molecule has 1 aromatic heterocycles. The summed E-state index contributed by atoms with van der Waals surface area (Å²) in [6, 6.07) is 1.94. The number of fused-ring (bicyclic) bond motifs is 1. The molecule has 0 radical (unpaired) electrons. The molecule has 0 aliphatic carbocycles. The molecule has 2 unspecified atom stereocenters. The van der Waals surface area contributed by atoms with Crippen molar-refractivity contribution in [1.82, 2.24) is 14.5 Å². The Morgan fingerprint density at radius 1 is 1.33 bits per heavy atom. The highest BCUT2D eigenvalue weighted by Gasteiger charge is 2.33. The highest BCUT2D eigenvalue weighted by Crippen LogP contribution is 2.30. The summed E-state index contributed by atoms with van der Waals surface area (Å²) in [5.41, 5.74) is 0.632. The van der Waals surface area contributed by atoms with Gasteiger partial charge in [0.1, 0.15) is 0 Å². The summed E-state index contributed by atoms with van der Waals surface area (Å²) in [5, 5.41) is 0.753. The first-order valence-electron chi connectivity index (χ1n) is 8.83. The number of rotatable bonds is 1. The number of amides is 1. The molecule has 0 spiro atoms. The molecule has 6 heteroatoms. The zero-order valence-corrected chi connectivity index (χ0v) is 15.9. The van der Waals surface area contributed by atoms with Gasteiger partial charge in [0.25, 0.3) is 5.56 Å². The molecule has 1 saturated heterocycles. The fourth-order valence-corrected chi connectivity index (χ4v) is 4.49. The third-order valence-electron chi connectivity index (χ3n) is 4.99. The molecule has 1 aromatic rings. The molecule has 3 heterocycles. The molecule has 1 amide bonds. The van der Waals surface area contributed by atoms with E-state index in [9.17, 15) is 9.59 Å². The molecule has 24 heavy (non-hydrogen) atoms. The molecule has 2 aliphatic rings. The van der Waals surface area contributed by atoms with Gasteiger partial charge in [0, 0.05) is 36.4 Å². The summed E-state index contributed by atoms with van der Waals surface area (Å²) in [7, 11) is 0. The smallest absolute Gasteiger partial charge is 0.254 e. The van der Waals surface area contributed by atoms with Crippen molar-refractivity contribution in [1.29, 1.82) is 0 Å². The van der Waals surface area contributed by atoms with Gasteiger partial charge in [0.15, 0.2) is 5.16 Å². The van der Waals surface area contributed by atoms with Gasteiger partial charge in [0.2, 0.25) is 5.91 Å². The monoisotopic (exact) mass is 349 g/mol. The van der Waals surface area contributed by atoms with E-state index in [0.717, 1.165) is 30.2 Å². The van der Waals surface area contributed by atoms with Crippen LogP contribution < -0.4 is 5.56 Å². The Bertz CT molecular complexity index is 692. The molecule has 2 aliphatic heterocycles. The minimum atomic E-state index is -0.148. The topological polar surface area (TPSA) is 55.2 Å². The predicted octanol–water partition coefficient (Wildman–Crippen LogP) is 2.66. The predicted molar refractivity (Wildman–Crippen MR) is 96.4 cm³/mol. The maximum Gasteiger partial charge on any atom is 0.254 e. The van der Waals surface area contributed by atoms with Crippen LogP contribution in [0, 0.1) is 5.92 Å². The van der Waals surface area contributed by atoms with E-state index < -0.39 is 0 Å². The van der Waals surface area contributed by atoms with Gasteiger partial charge in [-0.05, 0) is 26.2 Å². The molecule has 0 saturated carbocycles. The number of thioether (sulfide) groups is 1. The highest BCUT2D eigenvalue weighted by atomic mass is 32.2. The SMILES string of the molecule is CC1CCCCN1C(=O)C1CSc2nc(C(C)(C)C)cc(=O)n2C1. The molecule has 0 N–H and O–H groups in total. The Balaban J connectivity index is 1.82. The molecule has 132 valence electrons. The molecule has 0 bridgehead atoms. The van der Waals surface area contributed by atoms with Crippen molar-refractivity contribution >= 4 is 17.7 Å². The fraction of sp³-hybridized carbons (Fsp3) is 0.722. The molecular formula is C18H27N3O2S. The van der Waals surface area contributed by atoms with Gasteiger partial charge in [0.05, 0.1) is 11.6 Å². The van der Waals surface area contributed by atoms with Crippen LogP contribution in [0.5, 0.6) is 0 Å². The quantitative estimate of drug-likeness (QED) is 0.732. The van der Waals surface area contributed by atoms with Gasteiger partial charge in [-0.1, -0.05) is 32.5 Å². The number of hydrogen-bond donors (Lipinski definition) is 0. The third-order valence-corrected chi connectivity index (χ3v) is 6.13. The van der Waals surface area contributed by atoms with Crippen molar-refractivity contribution in [3.05, 3.63) is 22.1 Å². The van der Waals surface area contributed by atoms with Crippen LogP contribution in [0.1, 0.15) is 52.7 Å². The van der Waals surface area contributed by atoms with E-state index >= 15 is 0 Å². The van der Waals surface area contributed by atoms with Crippen LogP contribution in [0.15, 0.2) is 16.0 Å². The highest BCUT2D eigenvalue weighted by molar-refractivity contribution is 7.99. The first kappa shape index (κ1) is 17.5. The summed E-state index contributed by atoms with van der Waals surface area (Å²) < 4.78 is 1.68. The number of piperidine rings is 1. The lowest BCUT2D eigenvalue weighted by Crippen LogP contribution is -2.48. The summed E-state index contributed by atoms with van der Waals surface area (Å²) >= 11 is 1.54. The van der Waals surface area contributed by atoms with E-state index in [1.165, 1.54) is 18.2 Å². The second kappa shape index (κ2) is 6.54. The lowest BCUT2D eigenvalue weighted by molar-refractivity contribution is -0.138. The van der Waals surface area contributed by atoms with Crippen molar-refractivity contribution in [3.8, 4) is 0 Å². The van der Waals surface area contributed by atoms with E-state index in [1.54, 1.807) is 10.6 Å². The Kier molecular flexibility index (Phi) is 4.78. The Morgan fingerprint density at radius 2 is 2.08 bits per heavy atom. The summed E-state index contributed by atoms with van der Waals surface area (Å²) in [6.07, 6.45) is 3.37. The van der Waals surface area contributed by atoms with Gasteiger partial charge in [-0.25, -0.2) is 4.98 Å². The number of carbonyl (C=O) groups excluding carboxylic acids is 1. The second-order valence-corrected chi connectivity index (χ2v) is 8.99. The zero-order valence-electron chi connectivity index (χ0n) is 15.0. The first-order valence-corrected chi connectivity index (χ1v) is 9.81. The summed E-state index contributed by atoms with van der Waals surface area (Å²) in [5.74, 6) is 0.789. The van der Waals surface area contributed by atoms with Crippen LogP contribution >= 0.6 is 11.8 Å². The number of hydrogen-bond acceptors (Lipinski definition) is 4. The minimum absolute atomic E-state index is 0.0402. The van der Waals surface area contributed by atoms with Crippen molar-refractivity contribution in [3.63, 3.8) is 0 Å². The lowest BCUT2D eigenvalue weighted by atomic mass is 9.92. The first-order chi connectivity index (χ1) is 11.3. The lowest BCUT2D eigenvalue weighted by Gasteiger charge is -2.37. The summed E-state index contributed by atoms with van der Waals surface area (Å²) in [6.45, 7) is 9.62. The maximum atomic E-state index is 12.9. The van der Waals surface area contributed by atoms with Crippen molar-refractivity contribution < 1.29 is 4.79 Å². The number of aromatic nitrogens is 2. The van der Waals surface area contributed by atoms with Crippen molar-refractivity contribution in [2.45, 2.75) is 70.1 Å². The molecule has 0 aromatic carbocycles. The van der Waals surface area contributed by atoms with E-state index in [0.29, 0.717) is 18.3 Å². The normalized spacial score (nSPS) is 24.6. The van der Waals surface area contributed by atoms with Gasteiger partial charge in [-0.15, -0.1) is 0 Å².